The fourth-order valence-corrected chi connectivity index (χ4v) is 8.72. The Hall–Kier alpha value is -3.56. The van der Waals surface area contributed by atoms with Crippen LogP contribution in [0, 0.1) is 11.8 Å². The molecule has 1 saturated carbocycles. The van der Waals surface area contributed by atoms with Gasteiger partial charge >= 0.3 is 6.36 Å². The van der Waals surface area contributed by atoms with Crippen LogP contribution >= 0.6 is 0 Å². The number of anilines is 1. The Kier molecular flexibility index (Phi) is 10.4. The van der Waals surface area contributed by atoms with Gasteiger partial charge in [-0.1, -0.05) is 47.5 Å². The number of aliphatic hydroxyl groups excluding tert-OH is 1. The number of nitrogens with two attached hydrogens (primary N) is 1. The molecule has 2 aromatic rings. The smallest absolute Gasteiger partial charge is 0.507 e. The van der Waals surface area contributed by atoms with E-state index in [0.29, 0.717) is 12.8 Å². The number of hydrogen-bond donors (Lipinski definition) is 2. The highest BCUT2D eigenvalue weighted by Gasteiger charge is 2.69. The normalized spacial score (nSPS) is 23.5. The Labute approximate surface area is 297 Å². The second-order valence-electron chi connectivity index (χ2n) is 15.5. The van der Waals surface area contributed by atoms with Crippen LogP contribution in [-0.2, 0) is 15.6 Å². The van der Waals surface area contributed by atoms with Crippen molar-refractivity contribution in [2.75, 3.05) is 33.0 Å². The number of nitrogens with zero attached hydrogens (tertiary/aromatic N) is 2. The lowest BCUT2D eigenvalue weighted by Gasteiger charge is -2.55. The average molecular weight is 738 g/mol. The molecule has 0 bridgehead atoms. The van der Waals surface area contributed by atoms with E-state index < -0.39 is 66.3 Å². The number of benzene rings is 1. The summed E-state index contributed by atoms with van der Waals surface area (Å²) in [4.78, 5) is 32.5. The van der Waals surface area contributed by atoms with Gasteiger partial charge in [0.1, 0.15) is 17.1 Å². The van der Waals surface area contributed by atoms with Crippen LogP contribution in [0.15, 0.2) is 16.2 Å². The van der Waals surface area contributed by atoms with E-state index >= 15 is 9.59 Å². The van der Waals surface area contributed by atoms with Gasteiger partial charge in [0.05, 0.1) is 30.5 Å². The molecule has 3 N–H and O–H groups in total. The Morgan fingerprint density at radius 2 is 1.69 bits per heavy atom. The van der Waals surface area contributed by atoms with Gasteiger partial charge in [-0.15, -0.1) is 13.2 Å². The summed E-state index contributed by atoms with van der Waals surface area (Å²) in [5, 5.41) is 15.8. The monoisotopic (exact) mass is 737 g/mol. The van der Waals surface area contributed by atoms with Crippen molar-refractivity contribution in [2.24, 2.45) is 11.8 Å². The third-order valence-electron chi connectivity index (χ3n) is 10.8. The molecule has 0 spiro atoms. The molecule has 1 aromatic heterocycles. The Morgan fingerprint density at radius 1 is 1.06 bits per heavy atom. The van der Waals surface area contributed by atoms with Crippen LogP contribution in [0.2, 0.25) is 18.1 Å². The summed E-state index contributed by atoms with van der Waals surface area (Å²) < 4.78 is 70.4. The maximum atomic E-state index is 15.5. The number of aliphatic hydroxyl groups is 1. The van der Waals surface area contributed by atoms with Crippen molar-refractivity contribution >= 4 is 31.3 Å². The predicted molar refractivity (Wildman–Crippen MR) is 186 cm³/mol. The number of halogens is 3. The van der Waals surface area contributed by atoms with Gasteiger partial charge in [0.2, 0.25) is 11.6 Å². The van der Waals surface area contributed by atoms with E-state index in [-0.39, 0.29) is 71.4 Å². The van der Waals surface area contributed by atoms with Crippen LogP contribution in [0.1, 0.15) is 100 Å². The fourth-order valence-electron chi connectivity index (χ4n) is 7.27. The molecule has 0 saturated heterocycles. The first-order valence-electron chi connectivity index (χ1n) is 17.6. The summed E-state index contributed by atoms with van der Waals surface area (Å²) in [6, 6.07) is 0.312. The second kappa shape index (κ2) is 13.8. The maximum Gasteiger partial charge on any atom is 0.573 e. The number of Topliss-reactive ketones (excluding diaryl/α,β-unsaturated/α-hetero) is 2. The van der Waals surface area contributed by atoms with E-state index in [0.717, 1.165) is 18.9 Å². The Bertz CT molecular complexity index is 1710. The van der Waals surface area contributed by atoms with Gasteiger partial charge in [0.25, 0.3) is 5.88 Å². The molecule has 3 aliphatic rings. The van der Waals surface area contributed by atoms with Crippen molar-refractivity contribution in [1.29, 1.82) is 0 Å². The van der Waals surface area contributed by atoms with E-state index in [4.69, 9.17) is 24.2 Å². The SMILES string of the molecule is CCCCOc1noc2c1C(=O)[C@@]1(O[Si](C)(C)C(C)(C)C)C(=O)C3=C(O)c4c(c(OC(F)(F)F)cc(N)c4OCCCC)C[C@H]3C[C@H]1[C@@H]2N(C)C. The minimum absolute atomic E-state index is 0.000363. The standard InChI is InChI=1S/C36H50F3N3O8Si/c1-10-12-14-46-29-22(40)18-23(48-36(37,38)39)20-16-19-17-21-27(42(6)7)30-26(33(41-49-30)47-15-13-11-2)32(45)35(21,50-51(8,9)34(3,4)5)31(44)24(19)28(43)25(20)29/h18-19,21,27,43H,10-17,40H2,1-9H3/t19-,21-,27-,35-/m0/s1. The van der Waals surface area contributed by atoms with Crippen LogP contribution < -0.4 is 19.9 Å². The van der Waals surface area contributed by atoms with Gasteiger partial charge in [-0.3, -0.25) is 14.5 Å². The summed E-state index contributed by atoms with van der Waals surface area (Å²) in [6.45, 7) is 14.2. The van der Waals surface area contributed by atoms with Gasteiger partial charge in [-0.25, -0.2) is 0 Å². The molecule has 0 amide bonds. The molecule has 1 aromatic carbocycles. The zero-order valence-corrected chi connectivity index (χ0v) is 31.9. The van der Waals surface area contributed by atoms with Crippen LogP contribution in [0.25, 0.3) is 5.76 Å². The minimum Gasteiger partial charge on any atom is -0.507 e. The third-order valence-corrected chi connectivity index (χ3v) is 15.2. The van der Waals surface area contributed by atoms with E-state index in [2.05, 4.69) is 9.89 Å². The van der Waals surface area contributed by atoms with E-state index in [9.17, 15) is 18.3 Å². The first-order chi connectivity index (χ1) is 23.7. The largest absolute Gasteiger partial charge is 0.573 e. The fraction of sp³-hybridized carbons (Fsp3) is 0.639. The van der Waals surface area contributed by atoms with Gasteiger partial charge in [0.15, 0.2) is 25.4 Å². The Balaban J connectivity index is 1.80. The highest BCUT2D eigenvalue weighted by Crippen LogP contribution is 2.60. The summed E-state index contributed by atoms with van der Waals surface area (Å²) in [5.74, 6) is -4.23. The lowest BCUT2D eigenvalue weighted by Crippen LogP contribution is -2.68. The van der Waals surface area contributed by atoms with E-state index in [1.165, 1.54) is 0 Å². The van der Waals surface area contributed by atoms with Crippen molar-refractivity contribution in [3.8, 4) is 17.4 Å². The van der Waals surface area contributed by atoms with Crippen LogP contribution in [-0.4, -0.2) is 74.3 Å². The van der Waals surface area contributed by atoms with Crippen LogP contribution in [0.3, 0.4) is 0 Å². The number of fused-ring (bicyclic) bond motifs is 4. The molecule has 4 atom stereocenters. The van der Waals surface area contributed by atoms with E-state index in [1.807, 2.05) is 52.6 Å². The number of unbranched alkanes of at least 4 members (excludes halogenated alkanes) is 2. The zero-order valence-electron chi connectivity index (χ0n) is 30.9. The lowest BCUT2D eigenvalue weighted by molar-refractivity contribution is -0.275. The number of aromatic nitrogens is 1. The quantitative estimate of drug-likeness (QED) is 0.0952. The highest BCUT2D eigenvalue weighted by atomic mass is 28.4. The molecule has 0 unspecified atom stereocenters. The zero-order chi connectivity index (χ0) is 37.8. The second-order valence-corrected chi connectivity index (χ2v) is 20.2. The van der Waals surface area contributed by atoms with E-state index in [1.54, 1.807) is 14.1 Å². The number of carbonyl (C=O) groups excluding carboxylic acids is 2. The first-order valence-corrected chi connectivity index (χ1v) is 20.5. The van der Waals surface area contributed by atoms with Crippen LogP contribution in [0.4, 0.5) is 18.9 Å². The lowest BCUT2D eigenvalue weighted by atomic mass is 9.57. The van der Waals surface area contributed by atoms with Gasteiger partial charge in [-0.2, -0.15) is 0 Å². The van der Waals surface area contributed by atoms with Gasteiger partial charge in [-0.05, 0) is 69.0 Å². The van der Waals surface area contributed by atoms with Crippen LogP contribution in [0.5, 0.6) is 17.4 Å². The van der Waals surface area contributed by atoms with Gasteiger partial charge in [0, 0.05) is 23.1 Å². The summed E-state index contributed by atoms with van der Waals surface area (Å²) in [6.07, 6.45) is -2.26. The molecule has 0 aliphatic heterocycles. The summed E-state index contributed by atoms with van der Waals surface area (Å²) in [5.41, 5.74) is 3.63. The number of ketones is 2. The average Bonchev–Trinajstić information content (AvgIpc) is 3.42. The number of carbonyl (C=O) groups is 2. The van der Waals surface area contributed by atoms with Crippen molar-refractivity contribution in [2.45, 2.75) is 109 Å². The van der Waals surface area contributed by atoms with Gasteiger partial charge < -0.3 is 34.0 Å². The molecule has 5 rings (SSSR count). The topological polar surface area (TPSA) is 147 Å². The molecule has 1 heterocycles. The molecule has 15 heteroatoms. The number of rotatable bonds is 12. The Morgan fingerprint density at radius 3 is 2.25 bits per heavy atom. The molecular formula is C36H50F3N3O8Si. The summed E-state index contributed by atoms with van der Waals surface area (Å²) in [7, 11) is 0.581. The van der Waals surface area contributed by atoms with Crippen molar-refractivity contribution in [1.82, 2.24) is 10.1 Å². The van der Waals surface area contributed by atoms with Crippen molar-refractivity contribution < 1.29 is 51.0 Å². The first kappa shape index (κ1) is 38.7. The minimum atomic E-state index is -5.07. The predicted octanol–water partition coefficient (Wildman–Crippen LogP) is 7.80. The summed E-state index contributed by atoms with van der Waals surface area (Å²) >= 11 is 0. The molecule has 3 aliphatic carbocycles. The molecule has 282 valence electrons. The number of hydrogen-bond acceptors (Lipinski definition) is 11. The number of ether oxygens (including phenoxy) is 3. The maximum absolute atomic E-state index is 15.5. The van der Waals surface area contributed by atoms with Crippen molar-refractivity contribution in [3.63, 3.8) is 0 Å². The molecular weight excluding hydrogens is 687 g/mol. The number of nitrogen functional groups attached to an aromatic ring is 1. The number of alkyl halides is 3. The molecule has 1 fully saturated rings. The molecule has 51 heavy (non-hydrogen) atoms. The highest BCUT2D eigenvalue weighted by molar-refractivity contribution is 6.74. The molecule has 11 nitrogen and oxygen atoms in total. The van der Waals surface area contributed by atoms with Crippen molar-refractivity contribution in [3.05, 3.63) is 34.1 Å². The molecule has 0 radical (unpaired) electrons. The third kappa shape index (κ3) is 6.65.